The monoisotopic (exact) mass is 363 g/mol. The second-order valence-electron chi connectivity index (χ2n) is 6.67. The average Bonchev–Trinajstić information content (AvgIpc) is 2.96. The van der Waals surface area contributed by atoms with Crippen LogP contribution in [0.25, 0.3) is 16.9 Å². The number of fused-ring (bicyclic) bond motifs is 1. The van der Waals surface area contributed by atoms with E-state index >= 15 is 0 Å². The Labute approximate surface area is 157 Å². The number of aromatic nitrogens is 3. The van der Waals surface area contributed by atoms with Gasteiger partial charge in [0.2, 0.25) is 5.91 Å². The predicted octanol–water partition coefficient (Wildman–Crippen LogP) is 2.09. The van der Waals surface area contributed by atoms with E-state index in [0.717, 1.165) is 23.3 Å². The molecule has 27 heavy (non-hydrogen) atoms. The molecule has 0 unspecified atom stereocenters. The zero-order valence-electron chi connectivity index (χ0n) is 15.2. The van der Waals surface area contributed by atoms with Crippen LogP contribution in [-0.2, 0) is 4.79 Å². The molecule has 0 spiro atoms. The fourth-order valence-electron chi connectivity index (χ4n) is 3.46. The van der Waals surface area contributed by atoms with Crippen LogP contribution in [0, 0.1) is 0 Å². The molecule has 7 heteroatoms. The molecule has 0 saturated carbocycles. The maximum Gasteiger partial charge on any atom is 0.253 e. The second-order valence-corrected chi connectivity index (χ2v) is 6.67. The first-order valence-electron chi connectivity index (χ1n) is 9.07. The SMILES string of the molecule is CC(=O)N1CCCN(C(=O)c2cccc(-c3cnc4cccnn34)c2)CC1. The molecule has 3 aromatic rings. The summed E-state index contributed by atoms with van der Waals surface area (Å²) in [5, 5.41) is 4.34. The highest BCUT2D eigenvalue weighted by Gasteiger charge is 2.21. The smallest absolute Gasteiger partial charge is 0.253 e. The minimum Gasteiger partial charge on any atom is -0.341 e. The minimum absolute atomic E-state index is 0.0102. The summed E-state index contributed by atoms with van der Waals surface area (Å²) in [6, 6.07) is 11.3. The topological polar surface area (TPSA) is 70.8 Å². The van der Waals surface area contributed by atoms with Crippen molar-refractivity contribution in [2.24, 2.45) is 0 Å². The van der Waals surface area contributed by atoms with Crippen LogP contribution in [0.2, 0.25) is 0 Å². The summed E-state index contributed by atoms with van der Waals surface area (Å²) in [4.78, 5) is 32.6. The van der Waals surface area contributed by atoms with Gasteiger partial charge in [-0.3, -0.25) is 9.59 Å². The third-order valence-corrected chi connectivity index (χ3v) is 4.91. The molecule has 1 fully saturated rings. The molecule has 0 bridgehead atoms. The van der Waals surface area contributed by atoms with Crippen molar-refractivity contribution < 1.29 is 9.59 Å². The lowest BCUT2D eigenvalue weighted by Gasteiger charge is -2.21. The van der Waals surface area contributed by atoms with Crippen LogP contribution >= 0.6 is 0 Å². The van der Waals surface area contributed by atoms with E-state index in [-0.39, 0.29) is 11.8 Å². The first-order valence-corrected chi connectivity index (χ1v) is 9.07. The normalized spacial score (nSPS) is 15.0. The lowest BCUT2D eigenvalue weighted by molar-refractivity contribution is -0.128. The van der Waals surface area contributed by atoms with E-state index in [1.165, 1.54) is 0 Å². The van der Waals surface area contributed by atoms with Crippen LogP contribution < -0.4 is 0 Å². The summed E-state index contributed by atoms with van der Waals surface area (Å²) in [6.07, 6.45) is 4.27. The Bertz CT molecular complexity index is 997. The first-order chi connectivity index (χ1) is 13.1. The lowest BCUT2D eigenvalue weighted by Crippen LogP contribution is -2.36. The van der Waals surface area contributed by atoms with Crippen molar-refractivity contribution in [3.05, 3.63) is 54.4 Å². The third-order valence-electron chi connectivity index (χ3n) is 4.91. The van der Waals surface area contributed by atoms with Gasteiger partial charge in [-0.25, -0.2) is 9.50 Å². The van der Waals surface area contributed by atoms with Gasteiger partial charge in [0.1, 0.15) is 0 Å². The van der Waals surface area contributed by atoms with Crippen LogP contribution in [-0.4, -0.2) is 62.4 Å². The van der Waals surface area contributed by atoms with Crippen molar-refractivity contribution in [3.8, 4) is 11.3 Å². The molecule has 1 saturated heterocycles. The molecule has 3 heterocycles. The highest BCUT2D eigenvalue weighted by atomic mass is 16.2. The minimum atomic E-state index is -0.0102. The van der Waals surface area contributed by atoms with Gasteiger partial charge in [-0.15, -0.1) is 0 Å². The quantitative estimate of drug-likeness (QED) is 0.699. The van der Waals surface area contributed by atoms with Crippen molar-refractivity contribution in [2.45, 2.75) is 13.3 Å². The number of imidazole rings is 1. The Morgan fingerprint density at radius 1 is 1.00 bits per heavy atom. The highest BCUT2D eigenvalue weighted by molar-refractivity contribution is 5.95. The van der Waals surface area contributed by atoms with Gasteiger partial charge in [0, 0.05) is 50.4 Å². The van der Waals surface area contributed by atoms with Gasteiger partial charge in [0.15, 0.2) is 5.65 Å². The number of amides is 2. The molecular weight excluding hydrogens is 342 g/mol. The average molecular weight is 363 g/mol. The van der Waals surface area contributed by atoms with E-state index in [1.54, 1.807) is 28.7 Å². The van der Waals surface area contributed by atoms with Crippen LogP contribution in [0.5, 0.6) is 0 Å². The number of carbonyl (C=O) groups is 2. The first kappa shape index (κ1) is 17.2. The molecule has 0 N–H and O–H groups in total. The van der Waals surface area contributed by atoms with Gasteiger partial charge < -0.3 is 9.80 Å². The Balaban J connectivity index is 1.59. The standard InChI is InChI=1S/C20H21N5O2/c1-15(26)23-9-4-10-24(12-11-23)20(27)17-6-2-5-16(13-17)18-14-21-19-7-3-8-22-25(18)19/h2-3,5-8,13-14H,4,9-12H2,1H3. The van der Waals surface area contributed by atoms with Crippen molar-refractivity contribution in [2.75, 3.05) is 26.2 Å². The maximum atomic E-state index is 13.0. The zero-order chi connectivity index (χ0) is 18.8. The Morgan fingerprint density at radius 3 is 2.67 bits per heavy atom. The summed E-state index contributed by atoms with van der Waals surface area (Å²) in [7, 11) is 0. The van der Waals surface area contributed by atoms with Crippen molar-refractivity contribution in [3.63, 3.8) is 0 Å². The Hall–Kier alpha value is -3.22. The van der Waals surface area contributed by atoms with E-state index in [0.29, 0.717) is 31.7 Å². The summed E-state index contributed by atoms with van der Waals surface area (Å²) in [6.45, 7) is 4.07. The summed E-state index contributed by atoms with van der Waals surface area (Å²) in [5.41, 5.74) is 3.14. The van der Waals surface area contributed by atoms with Crippen molar-refractivity contribution in [1.29, 1.82) is 0 Å². The summed E-state index contributed by atoms with van der Waals surface area (Å²) >= 11 is 0. The molecular formula is C20H21N5O2. The molecule has 138 valence electrons. The van der Waals surface area contributed by atoms with Gasteiger partial charge in [0.05, 0.1) is 11.9 Å². The number of hydrogen-bond donors (Lipinski definition) is 0. The van der Waals surface area contributed by atoms with Crippen LogP contribution in [0.3, 0.4) is 0 Å². The van der Waals surface area contributed by atoms with Crippen LogP contribution in [0.4, 0.5) is 0 Å². The number of carbonyl (C=O) groups excluding carboxylic acids is 2. The molecule has 1 aliphatic rings. The highest BCUT2D eigenvalue weighted by Crippen LogP contribution is 2.22. The number of hydrogen-bond acceptors (Lipinski definition) is 4. The molecule has 0 radical (unpaired) electrons. The van der Waals surface area contributed by atoms with E-state index in [9.17, 15) is 9.59 Å². The van der Waals surface area contributed by atoms with Gasteiger partial charge >= 0.3 is 0 Å². The van der Waals surface area contributed by atoms with Gasteiger partial charge in [0.25, 0.3) is 5.91 Å². The number of benzene rings is 1. The Kier molecular flexibility index (Phi) is 4.58. The third kappa shape index (κ3) is 3.40. The van der Waals surface area contributed by atoms with Gasteiger partial charge in [-0.2, -0.15) is 5.10 Å². The van der Waals surface area contributed by atoms with Crippen LogP contribution in [0.1, 0.15) is 23.7 Å². The van der Waals surface area contributed by atoms with Gasteiger partial charge in [-0.1, -0.05) is 12.1 Å². The number of rotatable bonds is 2. The molecule has 0 atom stereocenters. The van der Waals surface area contributed by atoms with Crippen molar-refractivity contribution in [1.82, 2.24) is 24.4 Å². The van der Waals surface area contributed by atoms with Crippen molar-refractivity contribution >= 4 is 17.5 Å². The van der Waals surface area contributed by atoms with E-state index in [1.807, 2.05) is 41.3 Å². The van der Waals surface area contributed by atoms with E-state index in [4.69, 9.17) is 0 Å². The molecule has 2 amide bonds. The maximum absolute atomic E-state index is 13.0. The largest absolute Gasteiger partial charge is 0.341 e. The van der Waals surface area contributed by atoms with Crippen LogP contribution in [0.15, 0.2) is 48.8 Å². The molecule has 1 aliphatic heterocycles. The van der Waals surface area contributed by atoms with E-state index < -0.39 is 0 Å². The fraction of sp³-hybridized carbons (Fsp3) is 0.300. The summed E-state index contributed by atoms with van der Waals surface area (Å²) in [5.74, 6) is 0.0513. The molecule has 4 rings (SSSR count). The lowest BCUT2D eigenvalue weighted by atomic mass is 10.1. The Morgan fingerprint density at radius 2 is 1.81 bits per heavy atom. The predicted molar refractivity (Wildman–Crippen MR) is 101 cm³/mol. The molecule has 0 aliphatic carbocycles. The second kappa shape index (κ2) is 7.19. The van der Waals surface area contributed by atoms with Gasteiger partial charge in [-0.05, 0) is 30.7 Å². The fourth-order valence-corrected chi connectivity index (χ4v) is 3.46. The molecule has 7 nitrogen and oxygen atoms in total. The molecule has 2 aromatic heterocycles. The summed E-state index contributed by atoms with van der Waals surface area (Å²) < 4.78 is 1.76. The number of nitrogens with zero attached hydrogens (tertiary/aromatic N) is 5. The van der Waals surface area contributed by atoms with E-state index in [2.05, 4.69) is 10.1 Å². The molecule has 1 aromatic carbocycles. The zero-order valence-corrected chi connectivity index (χ0v) is 15.2.